The number of carbonyl (C=O) groups is 2. The standard InChI is InChI=1S/C10H16N4O3/c1-6(3-8(15)16)13-10(17)9(11)7-4-12-14(2)5-7/h4-6,9H,3,11H2,1-2H3,(H,13,17)(H,15,16). The maximum Gasteiger partial charge on any atom is 0.305 e. The van der Waals surface area contributed by atoms with E-state index in [0.717, 1.165) is 0 Å². The van der Waals surface area contributed by atoms with E-state index >= 15 is 0 Å². The lowest BCUT2D eigenvalue weighted by molar-refractivity contribution is -0.137. The molecule has 94 valence electrons. The van der Waals surface area contributed by atoms with Gasteiger partial charge in [0.2, 0.25) is 5.91 Å². The third-order valence-electron chi connectivity index (χ3n) is 2.24. The summed E-state index contributed by atoms with van der Waals surface area (Å²) in [6.07, 6.45) is 3.02. The minimum atomic E-state index is -0.965. The molecule has 0 saturated heterocycles. The Morgan fingerprint density at radius 1 is 1.65 bits per heavy atom. The van der Waals surface area contributed by atoms with E-state index < -0.39 is 24.0 Å². The van der Waals surface area contributed by atoms with Crippen LogP contribution in [0.15, 0.2) is 12.4 Å². The summed E-state index contributed by atoms with van der Waals surface area (Å²) in [6, 6.07) is -1.29. The van der Waals surface area contributed by atoms with Crippen molar-refractivity contribution in [1.29, 1.82) is 0 Å². The van der Waals surface area contributed by atoms with Gasteiger partial charge in [0.05, 0.1) is 12.6 Å². The van der Waals surface area contributed by atoms with Gasteiger partial charge in [-0.25, -0.2) is 0 Å². The molecular weight excluding hydrogens is 224 g/mol. The van der Waals surface area contributed by atoms with Crippen LogP contribution in [0.5, 0.6) is 0 Å². The average molecular weight is 240 g/mol. The third-order valence-corrected chi connectivity index (χ3v) is 2.24. The normalized spacial score (nSPS) is 14.1. The molecule has 1 aromatic heterocycles. The number of rotatable bonds is 5. The molecule has 0 radical (unpaired) electrons. The summed E-state index contributed by atoms with van der Waals surface area (Å²) >= 11 is 0. The van der Waals surface area contributed by atoms with E-state index in [9.17, 15) is 9.59 Å². The van der Waals surface area contributed by atoms with Crippen molar-refractivity contribution in [3.8, 4) is 0 Å². The van der Waals surface area contributed by atoms with Crippen molar-refractivity contribution in [1.82, 2.24) is 15.1 Å². The van der Waals surface area contributed by atoms with Crippen molar-refractivity contribution >= 4 is 11.9 Å². The Morgan fingerprint density at radius 2 is 2.29 bits per heavy atom. The maximum absolute atomic E-state index is 11.7. The molecule has 0 spiro atoms. The second kappa shape index (κ2) is 5.44. The van der Waals surface area contributed by atoms with Crippen molar-refractivity contribution < 1.29 is 14.7 Å². The van der Waals surface area contributed by atoms with E-state index in [0.29, 0.717) is 5.56 Å². The highest BCUT2D eigenvalue weighted by Gasteiger charge is 2.19. The van der Waals surface area contributed by atoms with Crippen LogP contribution in [0, 0.1) is 0 Å². The number of carboxylic acid groups (broad SMARTS) is 1. The van der Waals surface area contributed by atoms with Gasteiger partial charge >= 0.3 is 5.97 Å². The number of hydrogen-bond acceptors (Lipinski definition) is 4. The number of amides is 1. The minimum Gasteiger partial charge on any atom is -0.481 e. The lowest BCUT2D eigenvalue weighted by atomic mass is 10.1. The first kappa shape index (κ1) is 13.2. The lowest BCUT2D eigenvalue weighted by Gasteiger charge is -2.15. The summed E-state index contributed by atoms with van der Waals surface area (Å²) in [6.45, 7) is 1.61. The highest BCUT2D eigenvalue weighted by Crippen LogP contribution is 2.08. The van der Waals surface area contributed by atoms with Crippen LogP contribution in [0.1, 0.15) is 24.9 Å². The molecule has 0 aliphatic carbocycles. The average Bonchev–Trinajstić information content (AvgIpc) is 2.62. The minimum absolute atomic E-state index is 0.133. The van der Waals surface area contributed by atoms with Gasteiger partial charge in [-0.3, -0.25) is 14.3 Å². The van der Waals surface area contributed by atoms with Gasteiger partial charge in [-0.1, -0.05) is 0 Å². The van der Waals surface area contributed by atoms with E-state index in [4.69, 9.17) is 10.8 Å². The van der Waals surface area contributed by atoms with E-state index in [1.165, 1.54) is 6.20 Å². The van der Waals surface area contributed by atoms with Crippen molar-refractivity contribution in [2.45, 2.75) is 25.4 Å². The zero-order valence-corrected chi connectivity index (χ0v) is 9.75. The Morgan fingerprint density at radius 3 is 2.76 bits per heavy atom. The fourth-order valence-electron chi connectivity index (χ4n) is 1.40. The van der Waals surface area contributed by atoms with Crippen LogP contribution in [-0.4, -0.2) is 32.8 Å². The number of aromatic nitrogens is 2. The number of nitrogens with one attached hydrogen (secondary N) is 1. The number of hydrogen-bond donors (Lipinski definition) is 3. The van der Waals surface area contributed by atoms with Gasteiger partial charge in [-0.05, 0) is 6.92 Å². The molecule has 0 aliphatic heterocycles. The molecular formula is C10H16N4O3. The number of aryl methyl sites for hydroxylation is 1. The molecule has 0 saturated carbocycles. The van der Waals surface area contributed by atoms with Crippen molar-refractivity contribution in [2.75, 3.05) is 0 Å². The van der Waals surface area contributed by atoms with Gasteiger partial charge in [0.25, 0.3) is 0 Å². The van der Waals surface area contributed by atoms with Crippen molar-refractivity contribution in [2.24, 2.45) is 12.8 Å². The molecule has 0 aliphatic rings. The van der Waals surface area contributed by atoms with E-state index in [2.05, 4.69) is 10.4 Å². The predicted molar refractivity (Wildman–Crippen MR) is 60.0 cm³/mol. The smallest absolute Gasteiger partial charge is 0.305 e. The number of carbonyl (C=O) groups excluding carboxylic acids is 1. The Bertz CT molecular complexity index is 415. The molecule has 0 aromatic carbocycles. The fraction of sp³-hybridized carbons (Fsp3) is 0.500. The second-order valence-electron chi connectivity index (χ2n) is 3.93. The lowest BCUT2D eigenvalue weighted by Crippen LogP contribution is -2.40. The molecule has 4 N–H and O–H groups in total. The molecule has 2 unspecified atom stereocenters. The topological polar surface area (TPSA) is 110 Å². The van der Waals surface area contributed by atoms with Crippen LogP contribution in [0.4, 0.5) is 0 Å². The first-order chi connectivity index (χ1) is 7.90. The molecule has 7 heteroatoms. The molecule has 1 rings (SSSR count). The van der Waals surface area contributed by atoms with E-state index in [1.807, 2.05) is 0 Å². The van der Waals surface area contributed by atoms with Crippen LogP contribution < -0.4 is 11.1 Å². The van der Waals surface area contributed by atoms with Crippen LogP contribution in [0.25, 0.3) is 0 Å². The van der Waals surface area contributed by atoms with Crippen LogP contribution in [0.2, 0.25) is 0 Å². The zero-order valence-electron chi connectivity index (χ0n) is 9.75. The summed E-state index contributed by atoms with van der Waals surface area (Å²) in [5.41, 5.74) is 6.31. The highest BCUT2D eigenvalue weighted by atomic mass is 16.4. The third kappa shape index (κ3) is 3.87. The maximum atomic E-state index is 11.7. The van der Waals surface area contributed by atoms with Gasteiger partial charge in [-0.2, -0.15) is 5.10 Å². The van der Waals surface area contributed by atoms with E-state index in [-0.39, 0.29) is 6.42 Å². The molecule has 1 amide bonds. The van der Waals surface area contributed by atoms with Gasteiger partial charge < -0.3 is 16.2 Å². The molecule has 7 nitrogen and oxygen atoms in total. The van der Waals surface area contributed by atoms with Crippen molar-refractivity contribution in [3.05, 3.63) is 18.0 Å². The fourth-order valence-corrected chi connectivity index (χ4v) is 1.40. The summed E-state index contributed by atoms with van der Waals surface area (Å²) in [5.74, 6) is -1.38. The number of aliphatic carboxylic acids is 1. The largest absolute Gasteiger partial charge is 0.481 e. The molecule has 0 fully saturated rings. The number of nitrogens with zero attached hydrogens (tertiary/aromatic N) is 2. The first-order valence-corrected chi connectivity index (χ1v) is 5.16. The molecule has 17 heavy (non-hydrogen) atoms. The van der Waals surface area contributed by atoms with Gasteiger partial charge in [0.15, 0.2) is 0 Å². The monoisotopic (exact) mass is 240 g/mol. The van der Waals surface area contributed by atoms with Crippen molar-refractivity contribution in [3.63, 3.8) is 0 Å². The first-order valence-electron chi connectivity index (χ1n) is 5.16. The highest BCUT2D eigenvalue weighted by molar-refractivity contribution is 5.83. The van der Waals surface area contributed by atoms with Crippen LogP contribution in [0.3, 0.4) is 0 Å². The summed E-state index contributed by atoms with van der Waals surface area (Å²) in [4.78, 5) is 22.1. The summed E-state index contributed by atoms with van der Waals surface area (Å²) in [7, 11) is 1.72. The van der Waals surface area contributed by atoms with E-state index in [1.54, 1.807) is 24.9 Å². The Kier molecular flexibility index (Phi) is 4.22. The molecule has 1 aromatic rings. The Balaban J connectivity index is 2.55. The summed E-state index contributed by atoms with van der Waals surface area (Å²) < 4.78 is 1.54. The van der Waals surface area contributed by atoms with Crippen LogP contribution in [-0.2, 0) is 16.6 Å². The summed E-state index contributed by atoms with van der Waals surface area (Å²) in [5, 5.41) is 15.0. The molecule has 1 heterocycles. The van der Waals surface area contributed by atoms with Crippen LogP contribution >= 0.6 is 0 Å². The SMILES string of the molecule is CC(CC(=O)O)NC(=O)C(N)c1cnn(C)c1. The van der Waals surface area contributed by atoms with Gasteiger partial charge in [0, 0.05) is 24.8 Å². The van der Waals surface area contributed by atoms with Gasteiger partial charge in [-0.15, -0.1) is 0 Å². The molecule has 2 atom stereocenters. The Hall–Kier alpha value is -1.89. The quantitative estimate of drug-likeness (QED) is 0.636. The zero-order chi connectivity index (χ0) is 13.0. The second-order valence-corrected chi connectivity index (χ2v) is 3.93. The Labute approximate surface area is 98.6 Å². The predicted octanol–water partition coefficient (Wildman–Crippen LogP) is -0.601. The molecule has 0 bridgehead atoms. The number of nitrogens with two attached hydrogens (primary N) is 1. The van der Waals surface area contributed by atoms with Gasteiger partial charge in [0.1, 0.15) is 6.04 Å². The number of carboxylic acids is 1.